The molecule has 0 radical (unpaired) electrons. The number of ether oxygens (including phenoxy) is 1. The van der Waals surface area contributed by atoms with Crippen molar-refractivity contribution in [2.45, 2.75) is 32.7 Å². The highest BCUT2D eigenvalue weighted by Gasteiger charge is 2.15. The largest absolute Gasteiger partial charge is 0.383 e. The maximum Gasteiger partial charge on any atom is 0.223 e. The Hall–Kier alpha value is -0.610. The monoisotopic (exact) mass is 202 g/mol. The first kappa shape index (κ1) is 13.4. The molecule has 4 nitrogen and oxygen atoms in total. The quantitative estimate of drug-likeness (QED) is 0.632. The Labute approximate surface area is 86.2 Å². The summed E-state index contributed by atoms with van der Waals surface area (Å²) in [5.74, 6) is 0.0604. The van der Waals surface area contributed by atoms with Gasteiger partial charge in [-0.3, -0.25) is 4.79 Å². The molecule has 0 aliphatic carbocycles. The zero-order valence-corrected chi connectivity index (χ0v) is 9.38. The fourth-order valence-electron chi connectivity index (χ4n) is 1.19. The average molecular weight is 202 g/mol. The van der Waals surface area contributed by atoms with E-state index < -0.39 is 0 Å². The molecule has 2 atom stereocenters. The van der Waals surface area contributed by atoms with Crippen LogP contribution in [-0.2, 0) is 9.53 Å². The number of methoxy groups -OCH3 is 1. The van der Waals surface area contributed by atoms with Crippen LogP contribution >= 0.6 is 0 Å². The SMILES string of the molecule is CCC(COC)NC(=O)C(C)CCN. The molecule has 1 amide bonds. The van der Waals surface area contributed by atoms with E-state index in [0.29, 0.717) is 13.2 Å². The summed E-state index contributed by atoms with van der Waals surface area (Å²) in [7, 11) is 1.64. The first-order valence-electron chi connectivity index (χ1n) is 5.15. The van der Waals surface area contributed by atoms with E-state index in [1.54, 1.807) is 7.11 Å². The fraction of sp³-hybridized carbons (Fsp3) is 0.900. The second-order valence-electron chi connectivity index (χ2n) is 3.55. The molecule has 0 fully saturated rings. The Kier molecular flexibility index (Phi) is 7.42. The Morgan fingerprint density at radius 2 is 2.21 bits per heavy atom. The first-order chi connectivity index (χ1) is 6.65. The molecular formula is C10H22N2O2. The number of nitrogens with two attached hydrogens (primary N) is 1. The van der Waals surface area contributed by atoms with Crippen molar-refractivity contribution in [1.82, 2.24) is 5.32 Å². The highest BCUT2D eigenvalue weighted by Crippen LogP contribution is 2.01. The molecule has 0 saturated carbocycles. The van der Waals surface area contributed by atoms with E-state index in [2.05, 4.69) is 5.32 Å². The number of nitrogens with one attached hydrogen (secondary N) is 1. The molecule has 0 spiro atoms. The minimum absolute atomic E-state index is 0.00842. The van der Waals surface area contributed by atoms with E-state index in [9.17, 15) is 4.79 Å². The lowest BCUT2D eigenvalue weighted by atomic mass is 10.1. The molecule has 0 aromatic heterocycles. The van der Waals surface area contributed by atoms with Crippen LogP contribution in [0, 0.1) is 5.92 Å². The van der Waals surface area contributed by atoms with Gasteiger partial charge in [0.25, 0.3) is 0 Å². The summed E-state index contributed by atoms with van der Waals surface area (Å²) in [6.45, 7) is 5.03. The van der Waals surface area contributed by atoms with Crippen molar-refractivity contribution in [2.75, 3.05) is 20.3 Å². The Bertz CT molecular complexity index is 162. The van der Waals surface area contributed by atoms with Crippen LogP contribution < -0.4 is 11.1 Å². The summed E-state index contributed by atoms with van der Waals surface area (Å²) in [6.07, 6.45) is 1.62. The van der Waals surface area contributed by atoms with Crippen molar-refractivity contribution < 1.29 is 9.53 Å². The zero-order chi connectivity index (χ0) is 11.0. The number of hydrogen-bond acceptors (Lipinski definition) is 3. The summed E-state index contributed by atoms with van der Waals surface area (Å²) in [4.78, 5) is 11.6. The van der Waals surface area contributed by atoms with Gasteiger partial charge < -0.3 is 15.8 Å². The van der Waals surface area contributed by atoms with Crippen LogP contribution in [0.15, 0.2) is 0 Å². The van der Waals surface area contributed by atoms with Crippen LogP contribution in [0.1, 0.15) is 26.7 Å². The van der Waals surface area contributed by atoms with Gasteiger partial charge in [-0.05, 0) is 19.4 Å². The third-order valence-corrected chi connectivity index (χ3v) is 2.25. The lowest BCUT2D eigenvalue weighted by Crippen LogP contribution is -2.40. The van der Waals surface area contributed by atoms with Gasteiger partial charge in [0.1, 0.15) is 0 Å². The zero-order valence-electron chi connectivity index (χ0n) is 9.38. The Morgan fingerprint density at radius 1 is 1.57 bits per heavy atom. The predicted molar refractivity (Wildman–Crippen MR) is 56.9 cm³/mol. The lowest BCUT2D eigenvalue weighted by Gasteiger charge is -2.18. The molecule has 2 unspecified atom stereocenters. The normalized spacial score (nSPS) is 14.9. The summed E-state index contributed by atoms with van der Waals surface area (Å²) >= 11 is 0. The van der Waals surface area contributed by atoms with Crippen molar-refractivity contribution in [3.05, 3.63) is 0 Å². The molecule has 0 bridgehead atoms. The van der Waals surface area contributed by atoms with Crippen LogP contribution in [0.3, 0.4) is 0 Å². The first-order valence-corrected chi connectivity index (χ1v) is 5.15. The Morgan fingerprint density at radius 3 is 2.64 bits per heavy atom. The van der Waals surface area contributed by atoms with Gasteiger partial charge in [-0.25, -0.2) is 0 Å². The lowest BCUT2D eigenvalue weighted by molar-refractivity contribution is -0.125. The average Bonchev–Trinajstić information content (AvgIpc) is 2.17. The van der Waals surface area contributed by atoms with E-state index in [4.69, 9.17) is 10.5 Å². The van der Waals surface area contributed by atoms with Gasteiger partial charge in [-0.2, -0.15) is 0 Å². The fourth-order valence-corrected chi connectivity index (χ4v) is 1.19. The molecule has 0 rings (SSSR count). The van der Waals surface area contributed by atoms with Crippen LogP contribution in [0.25, 0.3) is 0 Å². The van der Waals surface area contributed by atoms with Gasteiger partial charge in [0, 0.05) is 13.0 Å². The second kappa shape index (κ2) is 7.76. The maximum absolute atomic E-state index is 11.6. The van der Waals surface area contributed by atoms with Crippen LogP contribution in [-0.4, -0.2) is 32.2 Å². The van der Waals surface area contributed by atoms with Crippen molar-refractivity contribution in [1.29, 1.82) is 0 Å². The van der Waals surface area contributed by atoms with E-state index >= 15 is 0 Å². The maximum atomic E-state index is 11.6. The highest BCUT2D eigenvalue weighted by molar-refractivity contribution is 5.78. The molecule has 3 N–H and O–H groups in total. The number of carbonyl (C=O) groups excluding carboxylic acids is 1. The van der Waals surface area contributed by atoms with Crippen LogP contribution in [0.5, 0.6) is 0 Å². The van der Waals surface area contributed by atoms with E-state index in [-0.39, 0.29) is 17.9 Å². The van der Waals surface area contributed by atoms with Crippen molar-refractivity contribution >= 4 is 5.91 Å². The smallest absolute Gasteiger partial charge is 0.223 e. The highest BCUT2D eigenvalue weighted by atomic mass is 16.5. The van der Waals surface area contributed by atoms with E-state index in [1.807, 2.05) is 13.8 Å². The van der Waals surface area contributed by atoms with Gasteiger partial charge in [0.05, 0.1) is 12.6 Å². The standard InChI is InChI=1S/C10H22N2O2/c1-4-9(7-14-3)12-10(13)8(2)5-6-11/h8-9H,4-7,11H2,1-3H3,(H,12,13). The molecule has 0 aromatic rings. The van der Waals surface area contributed by atoms with Crippen molar-refractivity contribution in [2.24, 2.45) is 11.7 Å². The van der Waals surface area contributed by atoms with Gasteiger partial charge in [-0.15, -0.1) is 0 Å². The number of rotatable bonds is 7. The van der Waals surface area contributed by atoms with Gasteiger partial charge in [0.15, 0.2) is 0 Å². The summed E-state index contributed by atoms with van der Waals surface area (Å²) in [5.41, 5.74) is 5.38. The minimum atomic E-state index is -0.00842. The summed E-state index contributed by atoms with van der Waals surface area (Å²) < 4.78 is 5.00. The van der Waals surface area contributed by atoms with Crippen molar-refractivity contribution in [3.8, 4) is 0 Å². The van der Waals surface area contributed by atoms with Crippen molar-refractivity contribution in [3.63, 3.8) is 0 Å². The van der Waals surface area contributed by atoms with E-state index in [1.165, 1.54) is 0 Å². The van der Waals surface area contributed by atoms with E-state index in [0.717, 1.165) is 12.8 Å². The molecule has 0 saturated heterocycles. The molecule has 0 heterocycles. The minimum Gasteiger partial charge on any atom is -0.383 e. The van der Waals surface area contributed by atoms with Crippen LogP contribution in [0.2, 0.25) is 0 Å². The summed E-state index contributed by atoms with van der Waals surface area (Å²) in [6, 6.07) is 0.118. The molecule has 84 valence electrons. The third kappa shape index (κ3) is 5.19. The molecule has 0 aromatic carbocycles. The molecule has 4 heteroatoms. The predicted octanol–water partition coefficient (Wildman–Crippen LogP) is 0.513. The third-order valence-electron chi connectivity index (χ3n) is 2.25. The number of amides is 1. The number of carbonyl (C=O) groups is 1. The molecule has 14 heavy (non-hydrogen) atoms. The van der Waals surface area contributed by atoms with Crippen LogP contribution in [0.4, 0.5) is 0 Å². The second-order valence-corrected chi connectivity index (χ2v) is 3.55. The van der Waals surface area contributed by atoms with Gasteiger partial charge >= 0.3 is 0 Å². The Balaban J connectivity index is 3.88. The number of hydrogen-bond donors (Lipinski definition) is 2. The topological polar surface area (TPSA) is 64.3 Å². The summed E-state index contributed by atoms with van der Waals surface area (Å²) in [5, 5.41) is 2.93. The molecular weight excluding hydrogens is 180 g/mol. The molecule has 0 aliphatic heterocycles. The van der Waals surface area contributed by atoms with Gasteiger partial charge in [0.2, 0.25) is 5.91 Å². The van der Waals surface area contributed by atoms with Gasteiger partial charge in [-0.1, -0.05) is 13.8 Å². The molecule has 0 aliphatic rings.